The van der Waals surface area contributed by atoms with Gasteiger partial charge in [0.15, 0.2) is 10.7 Å². The van der Waals surface area contributed by atoms with Gasteiger partial charge in [-0.3, -0.25) is 0 Å². The first kappa shape index (κ1) is 17.1. The number of halogens is 1. The Morgan fingerprint density at radius 1 is 1.23 bits per heavy atom. The van der Waals surface area contributed by atoms with E-state index >= 15 is 0 Å². The summed E-state index contributed by atoms with van der Waals surface area (Å²) in [7, 11) is -1.92. The number of pyridine rings is 1. The highest BCUT2D eigenvalue weighted by Gasteiger charge is 2.33. The minimum absolute atomic E-state index is 0.0525. The van der Waals surface area contributed by atoms with Crippen LogP contribution in [0.2, 0.25) is 0 Å². The smallest absolute Gasteiger partial charge is 0.260 e. The maximum atomic E-state index is 14.4. The van der Waals surface area contributed by atoms with Crippen molar-refractivity contribution in [3.05, 3.63) is 42.0 Å². The first-order valence-electron chi connectivity index (χ1n) is 8.35. The van der Waals surface area contributed by atoms with Gasteiger partial charge in [0.05, 0.1) is 6.20 Å². The summed E-state index contributed by atoms with van der Waals surface area (Å²) in [5.41, 5.74) is 1.01. The number of aromatic nitrogens is 5. The SMILES string of the molecule is Cc1ncc(S(=O)(=O)N2CCC(c3cn4ncnc4cc3F)CC2)n1C. The molecule has 0 saturated carbocycles. The van der Waals surface area contributed by atoms with E-state index in [-0.39, 0.29) is 16.8 Å². The lowest BCUT2D eigenvalue weighted by Crippen LogP contribution is -2.38. The third-order valence-electron chi connectivity index (χ3n) is 5.07. The van der Waals surface area contributed by atoms with Gasteiger partial charge in [0.1, 0.15) is 18.0 Å². The number of aryl methyl sites for hydroxylation is 1. The molecule has 1 aliphatic rings. The molecule has 0 spiro atoms. The minimum Gasteiger partial charge on any atom is -0.321 e. The first-order chi connectivity index (χ1) is 12.4. The van der Waals surface area contributed by atoms with Crippen molar-refractivity contribution in [2.24, 2.45) is 7.05 Å². The molecular weight excluding hydrogens is 359 g/mol. The summed E-state index contributed by atoms with van der Waals surface area (Å²) in [4.78, 5) is 8.04. The molecule has 8 nitrogen and oxygen atoms in total. The van der Waals surface area contributed by atoms with Crippen LogP contribution < -0.4 is 0 Å². The molecule has 0 aromatic carbocycles. The van der Waals surface area contributed by atoms with E-state index in [0.29, 0.717) is 43.0 Å². The molecule has 0 bridgehead atoms. The van der Waals surface area contributed by atoms with Crippen molar-refractivity contribution < 1.29 is 12.8 Å². The van der Waals surface area contributed by atoms with Crippen LogP contribution in [-0.2, 0) is 17.1 Å². The lowest BCUT2D eigenvalue weighted by Gasteiger charge is -2.31. The summed E-state index contributed by atoms with van der Waals surface area (Å²) in [6.07, 6.45) is 5.51. The predicted molar refractivity (Wildman–Crippen MR) is 91.6 cm³/mol. The Morgan fingerprint density at radius 2 is 1.96 bits per heavy atom. The fourth-order valence-electron chi connectivity index (χ4n) is 3.41. The Bertz CT molecular complexity index is 1070. The lowest BCUT2D eigenvalue weighted by atomic mass is 9.91. The van der Waals surface area contributed by atoms with E-state index in [1.807, 2.05) is 0 Å². The zero-order chi connectivity index (χ0) is 18.5. The maximum absolute atomic E-state index is 14.4. The van der Waals surface area contributed by atoms with Crippen molar-refractivity contribution >= 4 is 15.7 Å². The number of hydrogen-bond donors (Lipinski definition) is 0. The molecule has 4 rings (SSSR count). The number of sulfonamides is 1. The van der Waals surface area contributed by atoms with Crippen LogP contribution in [-0.4, -0.2) is 50.0 Å². The van der Waals surface area contributed by atoms with Gasteiger partial charge in [0, 0.05) is 38.0 Å². The van der Waals surface area contributed by atoms with Gasteiger partial charge in [0.2, 0.25) is 0 Å². The Hall–Kier alpha value is -2.33. The van der Waals surface area contributed by atoms with Crippen LogP contribution in [0.3, 0.4) is 0 Å². The van der Waals surface area contributed by atoms with Crippen molar-refractivity contribution in [1.82, 2.24) is 28.5 Å². The highest BCUT2D eigenvalue weighted by Crippen LogP contribution is 2.32. The van der Waals surface area contributed by atoms with Gasteiger partial charge >= 0.3 is 0 Å². The van der Waals surface area contributed by atoms with Crippen LogP contribution >= 0.6 is 0 Å². The summed E-state index contributed by atoms with van der Waals surface area (Å²) < 4.78 is 44.7. The summed E-state index contributed by atoms with van der Waals surface area (Å²) in [6, 6.07) is 1.36. The number of rotatable bonds is 3. The first-order valence-corrected chi connectivity index (χ1v) is 9.79. The van der Waals surface area contributed by atoms with Crippen molar-refractivity contribution in [3.8, 4) is 0 Å². The van der Waals surface area contributed by atoms with Gasteiger partial charge in [-0.1, -0.05) is 0 Å². The van der Waals surface area contributed by atoms with Crippen LogP contribution in [0.15, 0.2) is 29.8 Å². The molecule has 138 valence electrons. The van der Waals surface area contributed by atoms with E-state index in [9.17, 15) is 12.8 Å². The topological polar surface area (TPSA) is 85.4 Å². The van der Waals surface area contributed by atoms with Gasteiger partial charge in [0.25, 0.3) is 10.0 Å². The molecule has 0 radical (unpaired) electrons. The van der Waals surface area contributed by atoms with Gasteiger partial charge in [-0.2, -0.15) is 9.40 Å². The largest absolute Gasteiger partial charge is 0.321 e. The van der Waals surface area contributed by atoms with Gasteiger partial charge in [-0.05, 0) is 25.7 Å². The molecule has 0 unspecified atom stereocenters. The molecule has 26 heavy (non-hydrogen) atoms. The van der Waals surface area contributed by atoms with Crippen molar-refractivity contribution in [2.75, 3.05) is 13.1 Å². The summed E-state index contributed by atoms with van der Waals surface area (Å²) >= 11 is 0. The maximum Gasteiger partial charge on any atom is 0.260 e. The van der Waals surface area contributed by atoms with E-state index < -0.39 is 10.0 Å². The lowest BCUT2D eigenvalue weighted by molar-refractivity contribution is 0.313. The van der Waals surface area contributed by atoms with E-state index in [0.717, 1.165) is 0 Å². The van der Waals surface area contributed by atoms with E-state index in [1.165, 1.54) is 22.9 Å². The highest BCUT2D eigenvalue weighted by atomic mass is 32.2. The Labute approximate surface area is 150 Å². The van der Waals surface area contributed by atoms with Crippen LogP contribution in [0, 0.1) is 12.7 Å². The van der Waals surface area contributed by atoms with E-state index in [2.05, 4.69) is 15.1 Å². The molecule has 1 saturated heterocycles. The molecule has 1 aliphatic heterocycles. The number of imidazole rings is 1. The highest BCUT2D eigenvalue weighted by molar-refractivity contribution is 7.89. The second-order valence-corrected chi connectivity index (χ2v) is 8.41. The van der Waals surface area contributed by atoms with Crippen molar-refractivity contribution in [2.45, 2.75) is 30.7 Å². The average Bonchev–Trinajstić information content (AvgIpc) is 3.21. The van der Waals surface area contributed by atoms with Gasteiger partial charge in [-0.25, -0.2) is 27.3 Å². The second-order valence-electron chi connectivity index (χ2n) is 6.52. The predicted octanol–water partition coefficient (Wildman–Crippen LogP) is 1.48. The van der Waals surface area contributed by atoms with Crippen LogP contribution in [0.4, 0.5) is 4.39 Å². The minimum atomic E-state index is -3.60. The Balaban J connectivity index is 1.55. The van der Waals surface area contributed by atoms with Gasteiger partial charge < -0.3 is 4.57 Å². The fraction of sp³-hybridized carbons (Fsp3) is 0.438. The van der Waals surface area contributed by atoms with Gasteiger partial charge in [-0.15, -0.1) is 0 Å². The monoisotopic (exact) mass is 378 g/mol. The molecule has 4 heterocycles. The molecule has 0 N–H and O–H groups in total. The van der Waals surface area contributed by atoms with E-state index in [1.54, 1.807) is 29.3 Å². The summed E-state index contributed by atoms with van der Waals surface area (Å²) in [5, 5.41) is 4.23. The summed E-state index contributed by atoms with van der Waals surface area (Å²) in [6.45, 7) is 2.44. The average molecular weight is 378 g/mol. The molecule has 3 aromatic heterocycles. The second kappa shape index (κ2) is 6.13. The van der Waals surface area contributed by atoms with Crippen LogP contribution in [0.25, 0.3) is 5.65 Å². The molecule has 0 amide bonds. The molecule has 0 atom stereocenters. The van der Waals surface area contributed by atoms with E-state index in [4.69, 9.17) is 0 Å². The normalized spacial score (nSPS) is 17.2. The zero-order valence-corrected chi connectivity index (χ0v) is 15.3. The van der Waals surface area contributed by atoms with Crippen molar-refractivity contribution in [1.29, 1.82) is 0 Å². The molecular formula is C16H19FN6O2S. The number of piperidine rings is 1. The number of fused-ring (bicyclic) bond motifs is 1. The quantitative estimate of drug-likeness (QED) is 0.689. The fourth-order valence-corrected chi connectivity index (χ4v) is 5.03. The Morgan fingerprint density at radius 3 is 2.62 bits per heavy atom. The molecule has 3 aromatic rings. The number of hydrogen-bond acceptors (Lipinski definition) is 5. The standard InChI is InChI=1S/C16H19FN6O2S/c1-11-18-8-16(21(11)2)26(24,25)22-5-3-12(4-6-22)13-9-23-15(7-14(13)17)19-10-20-23/h7-10,12H,3-6H2,1-2H3. The zero-order valence-electron chi connectivity index (χ0n) is 14.5. The summed E-state index contributed by atoms with van der Waals surface area (Å²) in [5.74, 6) is 0.263. The third-order valence-corrected chi connectivity index (χ3v) is 7.02. The third kappa shape index (κ3) is 2.69. The molecule has 0 aliphatic carbocycles. The van der Waals surface area contributed by atoms with Crippen LogP contribution in [0.5, 0.6) is 0 Å². The Kier molecular flexibility index (Phi) is 4.03. The number of nitrogens with zero attached hydrogens (tertiary/aromatic N) is 6. The molecule has 10 heteroatoms. The van der Waals surface area contributed by atoms with Crippen LogP contribution in [0.1, 0.15) is 30.1 Å². The molecule has 1 fully saturated rings. The van der Waals surface area contributed by atoms with Crippen molar-refractivity contribution in [3.63, 3.8) is 0 Å².